The first kappa shape index (κ1) is 17.2. The van der Waals surface area contributed by atoms with E-state index in [-0.39, 0.29) is 18.0 Å². The van der Waals surface area contributed by atoms with Gasteiger partial charge >= 0.3 is 0 Å². The molecule has 0 aliphatic carbocycles. The normalized spacial score (nSPS) is 11.3. The molecule has 0 saturated carbocycles. The van der Waals surface area contributed by atoms with Gasteiger partial charge in [-0.05, 0) is 71.8 Å². The molecule has 0 amide bonds. The fourth-order valence-corrected chi connectivity index (χ4v) is 2.92. The predicted octanol–water partition coefficient (Wildman–Crippen LogP) is 4.15. The first-order valence-electron chi connectivity index (χ1n) is 6.78. The molecule has 0 unspecified atom stereocenters. The van der Waals surface area contributed by atoms with Crippen LogP contribution in [0.2, 0.25) is 0 Å². The van der Waals surface area contributed by atoms with E-state index in [1.807, 2.05) is 13.0 Å². The van der Waals surface area contributed by atoms with Gasteiger partial charge in [-0.15, -0.1) is 0 Å². The van der Waals surface area contributed by atoms with E-state index in [9.17, 15) is 15.2 Å². The molecule has 1 N–H and O–H groups in total. The number of halogens is 1. The van der Waals surface area contributed by atoms with Gasteiger partial charge in [0.15, 0.2) is 0 Å². The Kier molecular flexibility index (Phi) is 5.54. The van der Waals surface area contributed by atoms with Gasteiger partial charge in [0.25, 0.3) is 5.69 Å². The number of benzene rings is 2. The SMILES string of the molecule is C/C(=N\OCc1ccc([N+](=O)[O-])cc1)c1cc(O)c(C)cc1I. The van der Waals surface area contributed by atoms with E-state index < -0.39 is 4.92 Å². The first-order chi connectivity index (χ1) is 10.9. The maximum atomic E-state index is 10.6. The van der Waals surface area contributed by atoms with Crippen molar-refractivity contribution >= 4 is 34.0 Å². The highest BCUT2D eigenvalue weighted by molar-refractivity contribution is 14.1. The van der Waals surface area contributed by atoms with Crippen molar-refractivity contribution in [2.45, 2.75) is 20.5 Å². The highest BCUT2D eigenvalue weighted by Crippen LogP contribution is 2.24. The fourth-order valence-electron chi connectivity index (χ4n) is 1.91. The van der Waals surface area contributed by atoms with Gasteiger partial charge < -0.3 is 9.94 Å². The molecule has 0 atom stereocenters. The number of rotatable bonds is 5. The molecule has 23 heavy (non-hydrogen) atoms. The number of aryl methyl sites for hydroxylation is 1. The average molecular weight is 426 g/mol. The number of hydrogen-bond donors (Lipinski definition) is 1. The van der Waals surface area contributed by atoms with E-state index in [2.05, 4.69) is 27.7 Å². The molecule has 2 aromatic rings. The molecule has 7 heteroatoms. The van der Waals surface area contributed by atoms with Crippen molar-refractivity contribution in [2.75, 3.05) is 0 Å². The molecule has 0 bridgehead atoms. The van der Waals surface area contributed by atoms with Gasteiger partial charge in [0, 0.05) is 21.3 Å². The lowest BCUT2D eigenvalue weighted by molar-refractivity contribution is -0.384. The Morgan fingerprint density at radius 2 is 2.00 bits per heavy atom. The monoisotopic (exact) mass is 426 g/mol. The Balaban J connectivity index is 2.05. The maximum Gasteiger partial charge on any atom is 0.269 e. The lowest BCUT2D eigenvalue weighted by Crippen LogP contribution is -2.00. The Bertz CT molecular complexity index is 757. The van der Waals surface area contributed by atoms with Crippen LogP contribution >= 0.6 is 22.6 Å². The molecule has 0 spiro atoms. The van der Waals surface area contributed by atoms with Gasteiger partial charge in [0.2, 0.25) is 0 Å². The van der Waals surface area contributed by atoms with E-state index in [1.54, 1.807) is 25.1 Å². The second kappa shape index (κ2) is 7.40. The summed E-state index contributed by atoms with van der Waals surface area (Å²) in [5.74, 6) is 0.213. The second-order valence-corrected chi connectivity index (χ2v) is 6.15. The largest absolute Gasteiger partial charge is 0.508 e. The summed E-state index contributed by atoms with van der Waals surface area (Å²) in [5, 5.41) is 24.4. The Labute approximate surface area is 147 Å². The quantitative estimate of drug-likeness (QED) is 0.337. The predicted molar refractivity (Wildman–Crippen MR) is 95.7 cm³/mol. The van der Waals surface area contributed by atoms with Crippen molar-refractivity contribution in [1.82, 2.24) is 0 Å². The van der Waals surface area contributed by atoms with Gasteiger partial charge in [-0.25, -0.2) is 0 Å². The minimum atomic E-state index is -0.446. The number of phenolic OH excluding ortho intramolecular Hbond substituents is 1. The van der Waals surface area contributed by atoms with E-state index in [1.165, 1.54) is 12.1 Å². The number of nitro groups is 1. The van der Waals surface area contributed by atoms with Crippen molar-refractivity contribution in [3.05, 3.63) is 66.8 Å². The van der Waals surface area contributed by atoms with Gasteiger partial charge in [0.1, 0.15) is 12.4 Å². The summed E-state index contributed by atoms with van der Waals surface area (Å²) in [5.41, 5.74) is 3.08. The van der Waals surface area contributed by atoms with Crippen LogP contribution in [0.15, 0.2) is 41.6 Å². The fraction of sp³-hybridized carbons (Fsp3) is 0.188. The summed E-state index contributed by atoms with van der Waals surface area (Å²) < 4.78 is 0.970. The molecule has 2 aromatic carbocycles. The lowest BCUT2D eigenvalue weighted by Gasteiger charge is -2.07. The van der Waals surface area contributed by atoms with Gasteiger partial charge in [-0.1, -0.05) is 5.16 Å². The van der Waals surface area contributed by atoms with E-state index >= 15 is 0 Å². The Hall–Kier alpha value is -2.16. The first-order valence-corrected chi connectivity index (χ1v) is 7.85. The standard InChI is InChI=1S/C16H15IN2O4/c1-10-7-15(17)14(8-16(10)20)11(2)18-23-9-12-3-5-13(6-4-12)19(21)22/h3-8,20H,9H2,1-2H3/b18-11+. The lowest BCUT2D eigenvalue weighted by atomic mass is 10.1. The second-order valence-electron chi connectivity index (χ2n) is 4.99. The number of hydrogen-bond acceptors (Lipinski definition) is 5. The number of non-ortho nitro benzene ring substituents is 1. The van der Waals surface area contributed by atoms with Gasteiger partial charge in [0.05, 0.1) is 10.6 Å². The van der Waals surface area contributed by atoms with Crippen LogP contribution in [-0.2, 0) is 11.4 Å². The van der Waals surface area contributed by atoms with Crippen LogP contribution in [0, 0.1) is 20.6 Å². The van der Waals surface area contributed by atoms with Crippen LogP contribution in [0.1, 0.15) is 23.6 Å². The molecule has 0 aliphatic heterocycles. The number of nitro benzene ring substituents is 1. The van der Waals surface area contributed by atoms with Crippen molar-refractivity contribution in [1.29, 1.82) is 0 Å². The maximum absolute atomic E-state index is 10.6. The Morgan fingerprint density at radius 3 is 2.61 bits per heavy atom. The molecule has 0 radical (unpaired) electrons. The number of phenols is 1. The minimum Gasteiger partial charge on any atom is -0.508 e. The topological polar surface area (TPSA) is 85.0 Å². The summed E-state index contributed by atoms with van der Waals surface area (Å²) in [4.78, 5) is 15.4. The van der Waals surface area contributed by atoms with Crippen LogP contribution in [-0.4, -0.2) is 15.7 Å². The van der Waals surface area contributed by atoms with Crippen LogP contribution in [0.25, 0.3) is 0 Å². The van der Waals surface area contributed by atoms with E-state index in [0.29, 0.717) is 5.71 Å². The zero-order valence-corrected chi connectivity index (χ0v) is 14.8. The van der Waals surface area contributed by atoms with Crippen LogP contribution in [0.5, 0.6) is 5.75 Å². The highest BCUT2D eigenvalue weighted by atomic mass is 127. The van der Waals surface area contributed by atoms with Crippen LogP contribution in [0.3, 0.4) is 0 Å². The number of aromatic hydroxyl groups is 1. The minimum absolute atomic E-state index is 0.0399. The number of nitrogens with zero attached hydrogens (tertiary/aromatic N) is 2. The molecule has 0 fully saturated rings. The third-order valence-electron chi connectivity index (χ3n) is 3.26. The van der Waals surface area contributed by atoms with Crippen LogP contribution in [0.4, 0.5) is 5.69 Å². The average Bonchev–Trinajstić information content (AvgIpc) is 2.51. The molecular weight excluding hydrogens is 411 g/mol. The van der Waals surface area contributed by atoms with Crippen molar-refractivity contribution < 1.29 is 14.9 Å². The van der Waals surface area contributed by atoms with Gasteiger partial charge in [-0.3, -0.25) is 10.1 Å². The Morgan fingerprint density at radius 1 is 1.35 bits per heavy atom. The molecule has 0 aromatic heterocycles. The summed E-state index contributed by atoms with van der Waals surface area (Å²) in [6.45, 7) is 3.84. The van der Waals surface area contributed by atoms with Gasteiger partial charge in [-0.2, -0.15) is 0 Å². The highest BCUT2D eigenvalue weighted by Gasteiger charge is 2.08. The third-order valence-corrected chi connectivity index (χ3v) is 4.15. The summed E-state index contributed by atoms with van der Waals surface area (Å²) in [7, 11) is 0. The zero-order chi connectivity index (χ0) is 17.0. The molecule has 6 nitrogen and oxygen atoms in total. The van der Waals surface area contributed by atoms with Crippen molar-refractivity contribution in [2.24, 2.45) is 5.16 Å². The molecule has 0 saturated heterocycles. The summed E-state index contributed by atoms with van der Waals surface area (Å²) >= 11 is 2.18. The molecule has 0 aliphatic rings. The molecule has 120 valence electrons. The zero-order valence-electron chi connectivity index (χ0n) is 12.6. The molecular formula is C16H15IN2O4. The summed E-state index contributed by atoms with van der Waals surface area (Å²) in [6, 6.07) is 9.65. The van der Waals surface area contributed by atoms with Crippen LogP contribution < -0.4 is 0 Å². The van der Waals surface area contributed by atoms with E-state index in [0.717, 1.165) is 20.3 Å². The molecule has 0 heterocycles. The van der Waals surface area contributed by atoms with E-state index in [4.69, 9.17) is 4.84 Å². The smallest absolute Gasteiger partial charge is 0.269 e. The third kappa shape index (κ3) is 4.41. The van der Waals surface area contributed by atoms with Crippen molar-refractivity contribution in [3.8, 4) is 5.75 Å². The number of oxime groups is 1. The molecule has 2 rings (SSSR count). The summed E-state index contributed by atoms with van der Waals surface area (Å²) in [6.07, 6.45) is 0. The van der Waals surface area contributed by atoms with Crippen molar-refractivity contribution in [3.63, 3.8) is 0 Å².